The maximum Gasteiger partial charge on any atom is 0.243 e. The van der Waals surface area contributed by atoms with Crippen LogP contribution < -0.4 is 4.72 Å². The third-order valence-corrected chi connectivity index (χ3v) is 6.46. The van der Waals surface area contributed by atoms with Crippen LogP contribution in [-0.4, -0.2) is 14.0 Å². The van der Waals surface area contributed by atoms with Crippen LogP contribution in [0, 0.1) is 11.3 Å². The zero-order valence-corrected chi connectivity index (χ0v) is 14.7. The van der Waals surface area contributed by atoms with Gasteiger partial charge in [0.1, 0.15) is 5.54 Å². The highest BCUT2D eigenvalue weighted by Gasteiger charge is 2.37. The normalized spacial score (nSPS) is 18.4. The molecule has 2 rings (SSSR count). The summed E-state index contributed by atoms with van der Waals surface area (Å²) in [7, 11) is -3.73. The second-order valence-electron chi connectivity index (χ2n) is 4.93. The van der Waals surface area contributed by atoms with Crippen LogP contribution in [0.2, 0.25) is 0 Å². The van der Waals surface area contributed by atoms with Gasteiger partial charge in [-0.25, -0.2) is 8.42 Å². The fourth-order valence-electron chi connectivity index (χ4n) is 2.39. The molecule has 0 aromatic heterocycles. The first-order valence-electron chi connectivity index (χ1n) is 6.29. The van der Waals surface area contributed by atoms with E-state index in [9.17, 15) is 13.7 Å². The minimum Gasteiger partial charge on any atom is -0.207 e. The minimum absolute atomic E-state index is 0.145. The number of hydrogen-bond donors (Lipinski definition) is 1. The molecule has 4 nitrogen and oxygen atoms in total. The minimum atomic E-state index is -3.73. The second-order valence-corrected chi connectivity index (χ2v) is 8.36. The summed E-state index contributed by atoms with van der Waals surface area (Å²) in [4.78, 5) is 0.145. The number of halogens is 2. The Balaban J connectivity index is 2.36. The summed E-state index contributed by atoms with van der Waals surface area (Å²) < 4.78 is 28.8. The topological polar surface area (TPSA) is 70.0 Å². The van der Waals surface area contributed by atoms with Crippen LogP contribution in [0.3, 0.4) is 0 Å². The maximum absolute atomic E-state index is 12.5. The Morgan fingerprint density at radius 1 is 1.20 bits per heavy atom. The van der Waals surface area contributed by atoms with E-state index in [2.05, 4.69) is 42.7 Å². The van der Waals surface area contributed by atoms with Crippen molar-refractivity contribution in [1.82, 2.24) is 4.72 Å². The van der Waals surface area contributed by atoms with Crippen molar-refractivity contribution in [1.29, 1.82) is 5.26 Å². The van der Waals surface area contributed by atoms with Gasteiger partial charge in [-0.1, -0.05) is 35.2 Å². The van der Waals surface area contributed by atoms with Crippen molar-refractivity contribution in [3.8, 4) is 6.07 Å². The van der Waals surface area contributed by atoms with E-state index in [4.69, 9.17) is 0 Å². The number of nitrogens with zero attached hydrogens (tertiary/aromatic N) is 1. The van der Waals surface area contributed by atoms with Crippen molar-refractivity contribution in [3.63, 3.8) is 0 Å². The largest absolute Gasteiger partial charge is 0.243 e. The predicted octanol–water partition coefficient (Wildman–Crippen LogP) is 3.72. The second kappa shape index (κ2) is 6.14. The molecule has 0 radical (unpaired) electrons. The van der Waals surface area contributed by atoms with Gasteiger partial charge in [0.25, 0.3) is 0 Å². The number of rotatable bonds is 3. The highest BCUT2D eigenvalue weighted by atomic mass is 79.9. The Hall–Kier alpha value is -0.420. The molecule has 7 heteroatoms. The number of nitrogens with one attached hydrogen (secondary N) is 1. The van der Waals surface area contributed by atoms with Crippen LogP contribution in [0.1, 0.15) is 32.1 Å². The third-order valence-electron chi connectivity index (χ3n) is 3.43. The van der Waals surface area contributed by atoms with Crippen LogP contribution in [0.4, 0.5) is 0 Å². The van der Waals surface area contributed by atoms with Crippen LogP contribution in [0.5, 0.6) is 0 Å². The lowest BCUT2D eigenvalue weighted by Gasteiger charge is -2.31. The summed E-state index contributed by atoms with van der Waals surface area (Å²) in [6.45, 7) is 0. The molecule has 1 aromatic rings. The molecular formula is C13H14Br2N2O2S. The molecule has 1 fully saturated rings. The number of sulfonamides is 1. The van der Waals surface area contributed by atoms with Crippen LogP contribution >= 0.6 is 31.9 Å². The van der Waals surface area contributed by atoms with Crippen molar-refractivity contribution in [2.45, 2.75) is 42.5 Å². The third kappa shape index (κ3) is 3.42. The van der Waals surface area contributed by atoms with Crippen molar-refractivity contribution < 1.29 is 8.42 Å². The molecule has 1 aliphatic rings. The van der Waals surface area contributed by atoms with Crippen molar-refractivity contribution in [2.24, 2.45) is 0 Å². The average Bonchev–Trinajstić information content (AvgIpc) is 2.42. The molecule has 0 amide bonds. The quantitative estimate of drug-likeness (QED) is 0.808. The lowest BCUT2D eigenvalue weighted by Crippen LogP contribution is -2.48. The molecule has 108 valence electrons. The lowest BCUT2D eigenvalue weighted by molar-refractivity contribution is 0.338. The maximum atomic E-state index is 12.5. The Kier molecular flexibility index (Phi) is 4.90. The molecule has 20 heavy (non-hydrogen) atoms. The fourth-order valence-corrected chi connectivity index (χ4v) is 5.27. The van der Waals surface area contributed by atoms with E-state index in [-0.39, 0.29) is 4.90 Å². The van der Waals surface area contributed by atoms with E-state index < -0.39 is 15.6 Å². The summed E-state index contributed by atoms with van der Waals surface area (Å²) in [5.74, 6) is 0. The van der Waals surface area contributed by atoms with Gasteiger partial charge >= 0.3 is 0 Å². The average molecular weight is 422 g/mol. The van der Waals surface area contributed by atoms with Crippen LogP contribution in [-0.2, 0) is 10.0 Å². The zero-order valence-electron chi connectivity index (χ0n) is 10.7. The van der Waals surface area contributed by atoms with E-state index >= 15 is 0 Å². The summed E-state index contributed by atoms with van der Waals surface area (Å²) in [6, 6.07) is 7.11. The van der Waals surface area contributed by atoms with Crippen LogP contribution in [0.15, 0.2) is 32.0 Å². The number of hydrogen-bond acceptors (Lipinski definition) is 3. The van der Waals surface area contributed by atoms with Gasteiger partial charge in [-0.15, -0.1) is 0 Å². The first kappa shape index (κ1) is 16.0. The molecule has 0 atom stereocenters. The lowest BCUT2D eigenvalue weighted by atomic mass is 9.84. The van der Waals surface area contributed by atoms with E-state index in [0.29, 0.717) is 21.8 Å². The van der Waals surface area contributed by atoms with Gasteiger partial charge in [-0.2, -0.15) is 9.98 Å². The number of benzene rings is 1. The first-order chi connectivity index (χ1) is 9.38. The number of nitriles is 1. The van der Waals surface area contributed by atoms with Crippen LogP contribution in [0.25, 0.3) is 0 Å². The standard InChI is InChI=1S/C13H14Br2N2O2S/c14-10-4-5-11(15)12(8-10)20(18,19)17-13(9-16)6-2-1-3-7-13/h4-5,8,17H,1-3,6-7H2. The van der Waals surface area contributed by atoms with Gasteiger partial charge in [0.2, 0.25) is 10.0 Å². The molecule has 1 aliphatic carbocycles. The Morgan fingerprint density at radius 3 is 2.45 bits per heavy atom. The van der Waals surface area contributed by atoms with Gasteiger partial charge < -0.3 is 0 Å². The highest BCUT2D eigenvalue weighted by molar-refractivity contribution is 9.11. The molecule has 1 N–H and O–H groups in total. The molecule has 0 spiro atoms. The van der Waals surface area contributed by atoms with E-state index in [0.717, 1.165) is 19.3 Å². The molecule has 1 saturated carbocycles. The summed E-state index contributed by atoms with van der Waals surface area (Å²) in [6.07, 6.45) is 3.92. The first-order valence-corrected chi connectivity index (χ1v) is 9.36. The molecule has 0 saturated heterocycles. The predicted molar refractivity (Wildman–Crippen MR) is 83.6 cm³/mol. The molecule has 0 unspecified atom stereocenters. The van der Waals surface area contributed by atoms with Crippen molar-refractivity contribution in [3.05, 3.63) is 27.1 Å². The fraction of sp³-hybridized carbons (Fsp3) is 0.462. The van der Waals surface area contributed by atoms with Gasteiger partial charge in [-0.3, -0.25) is 0 Å². The molecule has 0 bridgehead atoms. The van der Waals surface area contributed by atoms with Gasteiger partial charge in [0.15, 0.2) is 0 Å². The highest BCUT2D eigenvalue weighted by Crippen LogP contribution is 2.31. The monoisotopic (exact) mass is 420 g/mol. The van der Waals surface area contributed by atoms with Crippen molar-refractivity contribution in [2.75, 3.05) is 0 Å². The van der Waals surface area contributed by atoms with Gasteiger partial charge in [0, 0.05) is 8.95 Å². The van der Waals surface area contributed by atoms with Gasteiger partial charge in [0.05, 0.1) is 11.0 Å². The Bertz CT molecular complexity index is 647. The van der Waals surface area contributed by atoms with Crippen molar-refractivity contribution >= 4 is 41.9 Å². The molecular weight excluding hydrogens is 408 g/mol. The summed E-state index contributed by atoms with van der Waals surface area (Å²) in [5, 5.41) is 9.38. The Labute approximate surface area is 135 Å². The van der Waals surface area contributed by atoms with E-state index in [1.54, 1.807) is 12.1 Å². The van der Waals surface area contributed by atoms with Gasteiger partial charge in [-0.05, 0) is 47.0 Å². The van der Waals surface area contributed by atoms with E-state index in [1.165, 1.54) is 6.07 Å². The van der Waals surface area contributed by atoms with E-state index in [1.807, 2.05) is 0 Å². The summed E-state index contributed by atoms with van der Waals surface area (Å²) >= 11 is 6.51. The zero-order chi connectivity index (χ0) is 14.8. The Morgan fingerprint density at radius 2 is 1.85 bits per heavy atom. The SMILES string of the molecule is N#CC1(NS(=O)(=O)c2cc(Br)ccc2Br)CCCCC1. The molecule has 0 aliphatic heterocycles. The molecule has 0 heterocycles. The summed E-state index contributed by atoms with van der Waals surface area (Å²) in [5.41, 5.74) is -0.973. The smallest absolute Gasteiger partial charge is 0.207 e. The molecule has 1 aromatic carbocycles.